The fourth-order valence-electron chi connectivity index (χ4n) is 2.81. The number of piperidine rings is 1. The predicted molar refractivity (Wildman–Crippen MR) is 84.3 cm³/mol. The summed E-state index contributed by atoms with van der Waals surface area (Å²) in [6.07, 6.45) is 3.90. The predicted octanol–water partition coefficient (Wildman–Crippen LogP) is 2.58. The van der Waals surface area contributed by atoms with Gasteiger partial charge in [0.1, 0.15) is 5.75 Å². The average molecular weight is 290 g/mol. The molecule has 0 aromatic heterocycles. The number of hydrogen-bond donors (Lipinski definition) is 1. The van der Waals surface area contributed by atoms with Gasteiger partial charge in [-0.25, -0.2) is 0 Å². The van der Waals surface area contributed by atoms with Gasteiger partial charge in [0.15, 0.2) is 0 Å². The van der Waals surface area contributed by atoms with Crippen molar-refractivity contribution >= 4 is 5.91 Å². The molecule has 0 saturated carbocycles. The van der Waals surface area contributed by atoms with Gasteiger partial charge >= 0.3 is 0 Å². The summed E-state index contributed by atoms with van der Waals surface area (Å²) in [5.41, 5.74) is 1.23. The minimum Gasteiger partial charge on any atom is -0.497 e. The Kier molecular flexibility index (Phi) is 6.05. The van der Waals surface area contributed by atoms with Crippen LogP contribution in [-0.4, -0.2) is 37.0 Å². The van der Waals surface area contributed by atoms with Crippen LogP contribution in [0.3, 0.4) is 0 Å². The lowest BCUT2D eigenvalue weighted by atomic mass is 10.1. The Balaban J connectivity index is 1.80. The largest absolute Gasteiger partial charge is 0.497 e. The lowest BCUT2D eigenvalue weighted by Crippen LogP contribution is -2.47. The van der Waals surface area contributed by atoms with E-state index in [0.717, 1.165) is 51.1 Å². The Bertz CT molecular complexity index is 445. The fraction of sp³-hybridized carbons (Fsp3) is 0.588. The van der Waals surface area contributed by atoms with Gasteiger partial charge in [0.05, 0.1) is 7.11 Å². The van der Waals surface area contributed by atoms with Crippen molar-refractivity contribution < 1.29 is 9.53 Å². The van der Waals surface area contributed by atoms with Crippen molar-refractivity contribution in [1.82, 2.24) is 10.2 Å². The Labute approximate surface area is 127 Å². The summed E-state index contributed by atoms with van der Waals surface area (Å²) in [6.45, 7) is 4.75. The summed E-state index contributed by atoms with van der Waals surface area (Å²) in [6, 6.07) is 8.40. The number of methoxy groups -OCH3 is 1. The molecule has 0 spiro atoms. The molecule has 4 nitrogen and oxygen atoms in total. The summed E-state index contributed by atoms with van der Waals surface area (Å²) in [5.74, 6) is 1.20. The fourth-order valence-corrected chi connectivity index (χ4v) is 2.81. The van der Waals surface area contributed by atoms with Crippen LogP contribution in [0.2, 0.25) is 0 Å². The molecule has 1 unspecified atom stereocenters. The monoisotopic (exact) mass is 290 g/mol. The van der Waals surface area contributed by atoms with Crippen LogP contribution in [0, 0.1) is 0 Å². The van der Waals surface area contributed by atoms with Crippen LogP contribution in [-0.2, 0) is 11.3 Å². The first-order chi connectivity index (χ1) is 10.2. The summed E-state index contributed by atoms with van der Waals surface area (Å²) in [4.78, 5) is 14.0. The van der Waals surface area contributed by atoms with E-state index in [9.17, 15) is 4.79 Å². The van der Waals surface area contributed by atoms with Crippen LogP contribution in [0.15, 0.2) is 24.3 Å². The van der Waals surface area contributed by atoms with Gasteiger partial charge in [0, 0.05) is 32.1 Å². The number of likely N-dealkylation sites (tertiary alicyclic amines) is 1. The number of nitrogens with zero attached hydrogens (tertiary/aromatic N) is 1. The number of hydrogen-bond acceptors (Lipinski definition) is 3. The van der Waals surface area contributed by atoms with Crippen molar-refractivity contribution in [2.45, 2.75) is 45.2 Å². The van der Waals surface area contributed by atoms with Crippen LogP contribution in [0.4, 0.5) is 0 Å². The molecule has 1 saturated heterocycles. The summed E-state index contributed by atoms with van der Waals surface area (Å²) in [7, 11) is 1.68. The molecule has 1 heterocycles. The van der Waals surface area contributed by atoms with Gasteiger partial charge in [-0.1, -0.05) is 19.1 Å². The van der Waals surface area contributed by atoms with E-state index < -0.39 is 0 Å². The molecular weight excluding hydrogens is 264 g/mol. The third-order valence-corrected chi connectivity index (χ3v) is 4.14. The van der Waals surface area contributed by atoms with Crippen LogP contribution < -0.4 is 10.1 Å². The molecule has 0 aliphatic carbocycles. The number of nitrogens with one attached hydrogen (secondary N) is 1. The second-order valence-electron chi connectivity index (χ2n) is 5.59. The zero-order valence-corrected chi connectivity index (χ0v) is 13.1. The highest BCUT2D eigenvalue weighted by Crippen LogP contribution is 2.16. The van der Waals surface area contributed by atoms with E-state index in [1.807, 2.05) is 12.1 Å². The standard InChI is InChI=1S/C17H26N2O2/c1-3-15(19-11-5-4-6-17(19)20)13-18-12-14-7-9-16(21-2)10-8-14/h7-10,15,18H,3-6,11-13H2,1-2H3. The van der Waals surface area contributed by atoms with Crippen molar-refractivity contribution in [2.24, 2.45) is 0 Å². The third kappa shape index (κ3) is 4.46. The van der Waals surface area contributed by atoms with E-state index in [0.29, 0.717) is 11.9 Å². The Hall–Kier alpha value is -1.55. The maximum Gasteiger partial charge on any atom is 0.222 e. The van der Waals surface area contributed by atoms with Gasteiger partial charge in [0.2, 0.25) is 5.91 Å². The molecule has 2 rings (SSSR count). The van der Waals surface area contributed by atoms with Crippen molar-refractivity contribution in [3.63, 3.8) is 0 Å². The highest BCUT2D eigenvalue weighted by atomic mass is 16.5. The molecule has 4 heteroatoms. The van der Waals surface area contributed by atoms with Crippen molar-refractivity contribution in [1.29, 1.82) is 0 Å². The Morgan fingerprint density at radius 1 is 1.29 bits per heavy atom. The number of carbonyl (C=O) groups is 1. The molecule has 1 atom stereocenters. The maximum absolute atomic E-state index is 12.0. The van der Waals surface area contributed by atoms with Crippen molar-refractivity contribution in [3.8, 4) is 5.75 Å². The molecule has 0 bridgehead atoms. The number of amides is 1. The molecular formula is C17H26N2O2. The number of carbonyl (C=O) groups excluding carboxylic acids is 1. The second-order valence-corrected chi connectivity index (χ2v) is 5.59. The Morgan fingerprint density at radius 3 is 2.67 bits per heavy atom. The van der Waals surface area contributed by atoms with E-state index in [-0.39, 0.29) is 0 Å². The van der Waals surface area contributed by atoms with E-state index in [1.54, 1.807) is 7.11 Å². The van der Waals surface area contributed by atoms with Crippen LogP contribution in [0.5, 0.6) is 5.75 Å². The molecule has 1 aliphatic rings. The highest BCUT2D eigenvalue weighted by molar-refractivity contribution is 5.77. The SMILES string of the molecule is CCC(CNCc1ccc(OC)cc1)N1CCCCC1=O. The third-order valence-electron chi connectivity index (χ3n) is 4.14. The molecule has 1 amide bonds. The zero-order chi connectivity index (χ0) is 15.1. The van der Waals surface area contributed by atoms with Gasteiger partial charge in [0.25, 0.3) is 0 Å². The Morgan fingerprint density at radius 2 is 2.05 bits per heavy atom. The second kappa shape index (κ2) is 8.03. The van der Waals surface area contributed by atoms with E-state index >= 15 is 0 Å². The molecule has 116 valence electrons. The summed E-state index contributed by atoms with van der Waals surface area (Å²) in [5, 5.41) is 3.47. The van der Waals surface area contributed by atoms with Gasteiger partial charge in [-0.05, 0) is 37.0 Å². The normalized spacial score (nSPS) is 16.9. The molecule has 1 aliphatic heterocycles. The lowest BCUT2D eigenvalue weighted by Gasteiger charge is -2.34. The van der Waals surface area contributed by atoms with E-state index in [1.165, 1.54) is 5.56 Å². The molecule has 1 aromatic rings. The lowest BCUT2D eigenvalue weighted by molar-refractivity contribution is -0.135. The number of benzene rings is 1. The number of rotatable bonds is 7. The smallest absolute Gasteiger partial charge is 0.222 e. The number of ether oxygens (including phenoxy) is 1. The first-order valence-corrected chi connectivity index (χ1v) is 7.87. The van der Waals surface area contributed by atoms with Crippen LogP contribution in [0.1, 0.15) is 38.2 Å². The molecule has 1 fully saturated rings. The topological polar surface area (TPSA) is 41.6 Å². The van der Waals surface area contributed by atoms with Gasteiger partial charge in [-0.3, -0.25) is 4.79 Å². The van der Waals surface area contributed by atoms with Crippen molar-refractivity contribution in [2.75, 3.05) is 20.2 Å². The molecule has 1 N–H and O–H groups in total. The maximum atomic E-state index is 12.0. The summed E-state index contributed by atoms with van der Waals surface area (Å²) >= 11 is 0. The minimum atomic E-state index is 0.316. The average Bonchev–Trinajstić information content (AvgIpc) is 2.53. The molecule has 21 heavy (non-hydrogen) atoms. The first-order valence-electron chi connectivity index (χ1n) is 7.87. The van der Waals surface area contributed by atoms with E-state index in [2.05, 4.69) is 29.3 Å². The molecule has 1 aromatic carbocycles. The van der Waals surface area contributed by atoms with E-state index in [4.69, 9.17) is 4.74 Å². The van der Waals surface area contributed by atoms with Gasteiger partial charge in [-0.2, -0.15) is 0 Å². The zero-order valence-electron chi connectivity index (χ0n) is 13.1. The highest BCUT2D eigenvalue weighted by Gasteiger charge is 2.24. The molecule has 0 radical (unpaired) electrons. The van der Waals surface area contributed by atoms with Crippen molar-refractivity contribution in [3.05, 3.63) is 29.8 Å². The van der Waals surface area contributed by atoms with Crippen LogP contribution >= 0.6 is 0 Å². The minimum absolute atomic E-state index is 0.316. The first kappa shape index (κ1) is 15.8. The quantitative estimate of drug-likeness (QED) is 0.839. The van der Waals surface area contributed by atoms with Gasteiger partial charge in [-0.15, -0.1) is 0 Å². The summed E-state index contributed by atoms with van der Waals surface area (Å²) < 4.78 is 5.16. The van der Waals surface area contributed by atoms with Gasteiger partial charge < -0.3 is 15.0 Å². The van der Waals surface area contributed by atoms with Crippen LogP contribution in [0.25, 0.3) is 0 Å².